The summed E-state index contributed by atoms with van der Waals surface area (Å²) in [5, 5.41) is 1.00. The van der Waals surface area contributed by atoms with E-state index in [1.165, 1.54) is 12.1 Å². The third-order valence-electron chi connectivity index (χ3n) is 2.60. The van der Waals surface area contributed by atoms with Crippen LogP contribution in [0.5, 0.6) is 5.75 Å². The van der Waals surface area contributed by atoms with E-state index in [0.29, 0.717) is 16.1 Å². The SMILES string of the molecule is Fc1cccc(COc2c(Cl)cccc2CBr)c1F. The molecule has 0 radical (unpaired) electrons. The Kier molecular flexibility index (Phi) is 4.77. The molecule has 2 aromatic rings. The summed E-state index contributed by atoms with van der Waals surface area (Å²) < 4.78 is 32.1. The van der Waals surface area contributed by atoms with Crippen molar-refractivity contribution in [3.63, 3.8) is 0 Å². The fourth-order valence-corrected chi connectivity index (χ4v) is 2.32. The number of para-hydroxylation sites is 1. The Morgan fingerprint density at radius 1 is 1.05 bits per heavy atom. The second-order valence-electron chi connectivity index (χ2n) is 3.86. The number of hydrogen-bond donors (Lipinski definition) is 0. The number of rotatable bonds is 4. The summed E-state index contributed by atoms with van der Waals surface area (Å²) in [5.41, 5.74) is 1.00. The highest BCUT2D eigenvalue weighted by Crippen LogP contribution is 2.31. The number of benzene rings is 2. The van der Waals surface area contributed by atoms with Crippen molar-refractivity contribution in [3.05, 3.63) is 64.2 Å². The molecule has 0 amide bonds. The highest BCUT2D eigenvalue weighted by atomic mass is 79.9. The van der Waals surface area contributed by atoms with Crippen molar-refractivity contribution in [2.45, 2.75) is 11.9 Å². The molecule has 2 rings (SSSR count). The van der Waals surface area contributed by atoms with Gasteiger partial charge in [0.1, 0.15) is 12.4 Å². The molecule has 0 saturated heterocycles. The molecule has 0 aliphatic heterocycles. The Balaban J connectivity index is 2.21. The molecule has 2 aromatic carbocycles. The predicted molar refractivity (Wildman–Crippen MR) is 74.8 cm³/mol. The van der Waals surface area contributed by atoms with E-state index in [-0.39, 0.29) is 12.2 Å². The molecule has 1 nitrogen and oxygen atoms in total. The van der Waals surface area contributed by atoms with Crippen molar-refractivity contribution < 1.29 is 13.5 Å². The van der Waals surface area contributed by atoms with Crippen LogP contribution in [0.1, 0.15) is 11.1 Å². The molecule has 0 heterocycles. The highest BCUT2D eigenvalue weighted by molar-refractivity contribution is 9.08. The summed E-state index contributed by atoms with van der Waals surface area (Å²) >= 11 is 9.35. The van der Waals surface area contributed by atoms with Gasteiger partial charge in [-0.1, -0.05) is 51.8 Å². The zero-order valence-electron chi connectivity index (χ0n) is 9.80. The van der Waals surface area contributed by atoms with Gasteiger partial charge in [-0.25, -0.2) is 8.78 Å². The summed E-state index contributed by atoms with van der Waals surface area (Å²) in [4.78, 5) is 0. The molecule has 0 atom stereocenters. The van der Waals surface area contributed by atoms with Gasteiger partial charge in [-0.3, -0.25) is 0 Å². The van der Waals surface area contributed by atoms with Crippen molar-refractivity contribution in [1.82, 2.24) is 0 Å². The number of hydrogen-bond acceptors (Lipinski definition) is 1. The smallest absolute Gasteiger partial charge is 0.165 e. The molecule has 0 aliphatic rings. The van der Waals surface area contributed by atoms with Gasteiger partial charge in [0.25, 0.3) is 0 Å². The van der Waals surface area contributed by atoms with Gasteiger partial charge in [0.15, 0.2) is 11.6 Å². The maximum absolute atomic E-state index is 13.5. The van der Waals surface area contributed by atoms with Crippen molar-refractivity contribution in [2.75, 3.05) is 0 Å². The third-order valence-corrected chi connectivity index (χ3v) is 3.50. The van der Waals surface area contributed by atoms with Crippen molar-refractivity contribution >= 4 is 27.5 Å². The first-order chi connectivity index (χ1) is 9.13. The van der Waals surface area contributed by atoms with Gasteiger partial charge < -0.3 is 4.74 Å². The van der Waals surface area contributed by atoms with E-state index in [0.717, 1.165) is 11.6 Å². The standard InChI is InChI=1S/C14H10BrClF2O/c15-7-9-3-1-5-11(16)14(9)19-8-10-4-2-6-12(17)13(10)18/h1-6H,7-8H2. The topological polar surface area (TPSA) is 9.23 Å². The third kappa shape index (κ3) is 3.25. The molecule has 0 unspecified atom stereocenters. The largest absolute Gasteiger partial charge is 0.487 e. The number of halogens is 4. The normalized spacial score (nSPS) is 10.5. The van der Waals surface area contributed by atoms with Crippen LogP contribution in [0, 0.1) is 11.6 Å². The van der Waals surface area contributed by atoms with Crippen LogP contribution in [0.2, 0.25) is 5.02 Å². The molecule has 19 heavy (non-hydrogen) atoms. The predicted octanol–water partition coefficient (Wildman–Crippen LogP) is 5.09. The first kappa shape index (κ1) is 14.3. The van der Waals surface area contributed by atoms with Crippen molar-refractivity contribution in [1.29, 1.82) is 0 Å². The van der Waals surface area contributed by atoms with Crippen LogP contribution in [-0.2, 0) is 11.9 Å². The van der Waals surface area contributed by atoms with Gasteiger partial charge >= 0.3 is 0 Å². The van der Waals surface area contributed by atoms with Crippen LogP contribution in [-0.4, -0.2) is 0 Å². The summed E-state index contributed by atoms with van der Waals surface area (Å²) in [5.74, 6) is -1.30. The van der Waals surface area contributed by atoms with Crippen LogP contribution < -0.4 is 4.74 Å². The summed E-state index contributed by atoms with van der Waals surface area (Å²) in [6.07, 6.45) is 0. The minimum absolute atomic E-state index is 0.0761. The molecule has 0 aliphatic carbocycles. The Morgan fingerprint density at radius 2 is 1.74 bits per heavy atom. The lowest BCUT2D eigenvalue weighted by atomic mass is 10.2. The minimum atomic E-state index is -0.894. The quantitative estimate of drug-likeness (QED) is 0.700. The minimum Gasteiger partial charge on any atom is -0.487 e. The first-order valence-corrected chi connectivity index (χ1v) is 7.02. The second kappa shape index (κ2) is 6.35. The average Bonchev–Trinajstić information content (AvgIpc) is 2.41. The van der Waals surface area contributed by atoms with E-state index in [1.54, 1.807) is 12.1 Å². The van der Waals surface area contributed by atoms with Crippen LogP contribution in [0.15, 0.2) is 36.4 Å². The molecule has 5 heteroatoms. The fourth-order valence-electron chi connectivity index (χ4n) is 1.63. The summed E-state index contributed by atoms with van der Waals surface area (Å²) in [7, 11) is 0. The van der Waals surface area contributed by atoms with Crippen LogP contribution in [0.3, 0.4) is 0 Å². The maximum Gasteiger partial charge on any atom is 0.165 e. The second-order valence-corrected chi connectivity index (χ2v) is 4.83. The zero-order chi connectivity index (χ0) is 13.8. The van der Waals surface area contributed by atoms with Crippen LogP contribution in [0.4, 0.5) is 8.78 Å². The first-order valence-electron chi connectivity index (χ1n) is 5.52. The van der Waals surface area contributed by atoms with Crippen LogP contribution in [0.25, 0.3) is 0 Å². The Labute approximate surface area is 123 Å². The fraction of sp³-hybridized carbons (Fsp3) is 0.143. The molecular formula is C14H10BrClF2O. The zero-order valence-corrected chi connectivity index (χ0v) is 12.1. The van der Waals surface area contributed by atoms with E-state index >= 15 is 0 Å². The molecule has 0 saturated carbocycles. The van der Waals surface area contributed by atoms with E-state index in [1.807, 2.05) is 6.07 Å². The maximum atomic E-state index is 13.5. The van der Waals surface area contributed by atoms with Gasteiger partial charge in [0.05, 0.1) is 5.02 Å². The number of alkyl halides is 1. The van der Waals surface area contributed by atoms with Gasteiger partial charge in [0.2, 0.25) is 0 Å². The van der Waals surface area contributed by atoms with E-state index in [9.17, 15) is 8.78 Å². The van der Waals surface area contributed by atoms with E-state index in [2.05, 4.69) is 15.9 Å². The van der Waals surface area contributed by atoms with Gasteiger partial charge in [0, 0.05) is 16.5 Å². The lowest BCUT2D eigenvalue weighted by Crippen LogP contribution is -2.02. The van der Waals surface area contributed by atoms with E-state index < -0.39 is 11.6 Å². The molecular weight excluding hydrogens is 338 g/mol. The van der Waals surface area contributed by atoms with Crippen molar-refractivity contribution in [2.24, 2.45) is 0 Å². The Morgan fingerprint density at radius 3 is 2.47 bits per heavy atom. The van der Waals surface area contributed by atoms with E-state index in [4.69, 9.17) is 16.3 Å². The lowest BCUT2D eigenvalue weighted by molar-refractivity contribution is 0.295. The molecule has 100 valence electrons. The van der Waals surface area contributed by atoms with Gasteiger partial charge in [-0.15, -0.1) is 0 Å². The Bertz CT molecular complexity index is 590. The van der Waals surface area contributed by atoms with Crippen molar-refractivity contribution in [3.8, 4) is 5.75 Å². The van der Waals surface area contributed by atoms with Gasteiger partial charge in [-0.05, 0) is 12.1 Å². The molecule has 0 N–H and O–H groups in total. The molecule has 0 spiro atoms. The lowest BCUT2D eigenvalue weighted by Gasteiger charge is -2.12. The summed E-state index contributed by atoms with van der Waals surface area (Å²) in [6.45, 7) is -0.0761. The van der Waals surface area contributed by atoms with Crippen LogP contribution >= 0.6 is 27.5 Å². The van der Waals surface area contributed by atoms with Gasteiger partial charge in [-0.2, -0.15) is 0 Å². The molecule has 0 bridgehead atoms. The Hall–Kier alpha value is -1.13. The number of ether oxygens (including phenoxy) is 1. The molecule has 0 fully saturated rings. The monoisotopic (exact) mass is 346 g/mol. The summed E-state index contributed by atoms with van der Waals surface area (Å²) in [6, 6.07) is 9.31. The average molecular weight is 348 g/mol. The molecule has 0 aromatic heterocycles. The highest BCUT2D eigenvalue weighted by Gasteiger charge is 2.11.